The monoisotopic (exact) mass is 360 g/mol. The second-order valence-corrected chi connectivity index (χ2v) is 7.50. The van der Waals surface area contributed by atoms with E-state index < -0.39 is 0 Å². The summed E-state index contributed by atoms with van der Waals surface area (Å²) in [5, 5.41) is 6.19. The average molecular weight is 361 g/mol. The molecule has 2 aromatic carbocycles. The molecule has 2 rings (SSSR count). The van der Waals surface area contributed by atoms with Crippen molar-refractivity contribution in [2.24, 2.45) is 0 Å². The third-order valence-electron chi connectivity index (χ3n) is 3.89. The molecular formula is C20H25ClN2O2. The maximum absolute atomic E-state index is 11.9. The second kappa shape index (κ2) is 7.79. The number of carbonyl (C=O) groups is 1. The topological polar surface area (TPSA) is 50.4 Å². The van der Waals surface area contributed by atoms with E-state index in [1.54, 1.807) is 0 Å². The van der Waals surface area contributed by atoms with Crippen LogP contribution in [-0.2, 0) is 5.41 Å². The summed E-state index contributed by atoms with van der Waals surface area (Å²) in [5.41, 5.74) is 3.93. The van der Waals surface area contributed by atoms with E-state index in [0.29, 0.717) is 5.75 Å². The Morgan fingerprint density at radius 2 is 1.64 bits per heavy atom. The fourth-order valence-corrected chi connectivity index (χ4v) is 2.51. The third kappa shape index (κ3) is 5.40. The number of rotatable bonds is 4. The first-order chi connectivity index (χ1) is 11.7. The molecule has 0 aromatic heterocycles. The lowest BCUT2D eigenvalue weighted by molar-refractivity contribution is 0.234. The maximum Gasteiger partial charge on any atom is 0.321 e. The molecule has 25 heavy (non-hydrogen) atoms. The number of halogens is 1. The lowest BCUT2D eigenvalue weighted by atomic mass is 9.87. The third-order valence-corrected chi connectivity index (χ3v) is 4.49. The molecule has 0 saturated carbocycles. The molecule has 0 saturated heterocycles. The van der Waals surface area contributed by atoms with Crippen LogP contribution in [0.25, 0.3) is 0 Å². The number of amides is 2. The van der Waals surface area contributed by atoms with Gasteiger partial charge in [-0.2, -0.15) is 0 Å². The van der Waals surface area contributed by atoms with Crippen LogP contribution in [0.15, 0.2) is 36.4 Å². The van der Waals surface area contributed by atoms with Gasteiger partial charge < -0.3 is 15.4 Å². The van der Waals surface area contributed by atoms with Gasteiger partial charge in [-0.1, -0.05) is 44.5 Å². The van der Waals surface area contributed by atoms with Crippen LogP contribution in [0.2, 0.25) is 5.02 Å². The number of hydrogen-bond donors (Lipinski definition) is 2. The van der Waals surface area contributed by atoms with Gasteiger partial charge in [-0.25, -0.2) is 4.79 Å². The lowest BCUT2D eigenvalue weighted by Crippen LogP contribution is -2.32. The summed E-state index contributed by atoms with van der Waals surface area (Å²) in [4.78, 5) is 11.9. The molecule has 0 radical (unpaired) electrons. The van der Waals surface area contributed by atoms with Crippen molar-refractivity contribution in [2.45, 2.75) is 40.0 Å². The predicted octanol–water partition coefficient (Wildman–Crippen LogP) is 5.41. The molecule has 0 spiro atoms. The van der Waals surface area contributed by atoms with Gasteiger partial charge in [-0.05, 0) is 60.2 Å². The molecule has 0 aliphatic rings. The van der Waals surface area contributed by atoms with Crippen LogP contribution in [0.5, 0.6) is 5.75 Å². The smallest absolute Gasteiger partial charge is 0.321 e. The first-order valence-corrected chi connectivity index (χ1v) is 8.59. The number of nitrogens with one attached hydrogen (secondary N) is 2. The molecule has 0 aliphatic heterocycles. The number of carbonyl (C=O) groups excluding carboxylic acids is 1. The number of anilines is 1. The zero-order chi connectivity index (χ0) is 18.6. The van der Waals surface area contributed by atoms with Gasteiger partial charge >= 0.3 is 6.03 Å². The van der Waals surface area contributed by atoms with Crippen molar-refractivity contribution in [3.05, 3.63) is 58.1 Å². The van der Waals surface area contributed by atoms with Gasteiger partial charge in [-0.3, -0.25) is 0 Å². The Labute approximate surface area is 154 Å². The summed E-state index contributed by atoms with van der Waals surface area (Å²) in [6.07, 6.45) is 0. The minimum Gasteiger partial charge on any atom is -0.473 e. The highest BCUT2D eigenvalue weighted by Gasteiger charge is 2.13. The van der Waals surface area contributed by atoms with Gasteiger partial charge in [0.2, 0.25) is 0 Å². The van der Waals surface area contributed by atoms with Crippen LogP contribution in [-0.4, -0.2) is 12.8 Å². The minimum absolute atomic E-state index is 0.0758. The standard InChI is InChI=1S/C20H25ClN2O2/c1-13-10-17(11-14(2)18(13)21)25-12-22-19(24)23-16-8-6-15(7-9-16)20(3,4)5/h6-11H,12H2,1-5H3,(H2,22,23,24). The highest BCUT2D eigenvalue weighted by atomic mass is 35.5. The Balaban J connectivity index is 1.85. The average Bonchev–Trinajstić information content (AvgIpc) is 2.52. The highest BCUT2D eigenvalue weighted by molar-refractivity contribution is 6.32. The summed E-state index contributed by atoms with van der Waals surface area (Å²) < 4.78 is 5.56. The Hall–Kier alpha value is -2.20. The van der Waals surface area contributed by atoms with Crippen LogP contribution in [0, 0.1) is 13.8 Å². The van der Waals surface area contributed by atoms with Crippen molar-refractivity contribution in [3.63, 3.8) is 0 Å². The van der Waals surface area contributed by atoms with E-state index in [1.165, 1.54) is 5.56 Å². The molecule has 0 heterocycles. The van der Waals surface area contributed by atoms with E-state index in [4.69, 9.17) is 16.3 Å². The van der Waals surface area contributed by atoms with Crippen molar-refractivity contribution in [1.82, 2.24) is 5.32 Å². The minimum atomic E-state index is -0.314. The molecule has 0 bridgehead atoms. The molecule has 4 nitrogen and oxygen atoms in total. The lowest BCUT2D eigenvalue weighted by Gasteiger charge is -2.19. The molecule has 2 amide bonds. The van der Waals surface area contributed by atoms with Crippen LogP contribution in [0.3, 0.4) is 0 Å². The molecular weight excluding hydrogens is 336 g/mol. The van der Waals surface area contributed by atoms with Gasteiger partial charge in [0.25, 0.3) is 0 Å². The normalized spacial score (nSPS) is 11.1. The zero-order valence-corrected chi connectivity index (χ0v) is 16.1. The van der Waals surface area contributed by atoms with Crippen molar-refractivity contribution in [2.75, 3.05) is 12.0 Å². The summed E-state index contributed by atoms with van der Waals surface area (Å²) in [6.45, 7) is 10.4. The number of urea groups is 1. The van der Waals surface area contributed by atoms with Crippen LogP contribution < -0.4 is 15.4 Å². The van der Waals surface area contributed by atoms with Crippen LogP contribution >= 0.6 is 11.6 Å². The maximum atomic E-state index is 11.9. The molecule has 134 valence electrons. The first-order valence-electron chi connectivity index (χ1n) is 8.22. The SMILES string of the molecule is Cc1cc(OCNC(=O)Nc2ccc(C(C)(C)C)cc2)cc(C)c1Cl. The zero-order valence-electron chi connectivity index (χ0n) is 15.4. The van der Waals surface area contributed by atoms with E-state index in [-0.39, 0.29) is 18.2 Å². The Bertz CT molecular complexity index is 726. The fraction of sp³-hybridized carbons (Fsp3) is 0.350. The Morgan fingerprint density at radius 3 is 2.16 bits per heavy atom. The number of aryl methyl sites for hydroxylation is 2. The number of ether oxygens (including phenoxy) is 1. The summed E-state index contributed by atoms with van der Waals surface area (Å²) in [6, 6.07) is 11.2. The Kier molecular flexibility index (Phi) is 5.96. The van der Waals surface area contributed by atoms with E-state index in [9.17, 15) is 4.79 Å². The molecule has 0 fully saturated rings. The largest absolute Gasteiger partial charge is 0.473 e. The summed E-state index contributed by atoms with van der Waals surface area (Å²) in [7, 11) is 0. The van der Waals surface area contributed by atoms with Gasteiger partial charge in [0.1, 0.15) is 5.75 Å². The van der Waals surface area contributed by atoms with Crippen molar-refractivity contribution in [1.29, 1.82) is 0 Å². The van der Waals surface area contributed by atoms with Gasteiger partial charge in [0, 0.05) is 10.7 Å². The first kappa shape index (κ1) is 19.1. The molecule has 0 unspecified atom stereocenters. The summed E-state index contributed by atoms with van der Waals surface area (Å²) in [5.74, 6) is 0.675. The molecule has 0 atom stereocenters. The molecule has 2 N–H and O–H groups in total. The van der Waals surface area contributed by atoms with Gasteiger partial charge in [0.05, 0.1) is 0 Å². The van der Waals surface area contributed by atoms with Gasteiger partial charge in [-0.15, -0.1) is 0 Å². The number of hydrogen-bond acceptors (Lipinski definition) is 2. The fourth-order valence-electron chi connectivity index (χ4n) is 2.40. The van der Waals surface area contributed by atoms with Crippen LogP contribution in [0.4, 0.5) is 10.5 Å². The Morgan fingerprint density at radius 1 is 1.08 bits per heavy atom. The molecule has 2 aromatic rings. The van der Waals surface area contributed by atoms with E-state index in [1.807, 2.05) is 50.2 Å². The number of benzene rings is 2. The molecule has 0 aliphatic carbocycles. The predicted molar refractivity (Wildman–Crippen MR) is 104 cm³/mol. The second-order valence-electron chi connectivity index (χ2n) is 7.12. The molecule has 5 heteroatoms. The highest BCUT2D eigenvalue weighted by Crippen LogP contribution is 2.26. The summed E-state index contributed by atoms with van der Waals surface area (Å²) >= 11 is 6.13. The quantitative estimate of drug-likeness (QED) is 0.716. The van der Waals surface area contributed by atoms with E-state index in [2.05, 4.69) is 31.4 Å². The van der Waals surface area contributed by atoms with Crippen molar-refractivity contribution in [3.8, 4) is 5.75 Å². The van der Waals surface area contributed by atoms with E-state index in [0.717, 1.165) is 21.8 Å². The van der Waals surface area contributed by atoms with Crippen molar-refractivity contribution >= 4 is 23.3 Å². The van der Waals surface area contributed by atoms with Crippen molar-refractivity contribution < 1.29 is 9.53 Å². The van der Waals surface area contributed by atoms with Crippen LogP contribution in [0.1, 0.15) is 37.5 Å². The van der Waals surface area contributed by atoms with E-state index >= 15 is 0 Å². The van der Waals surface area contributed by atoms with Gasteiger partial charge in [0.15, 0.2) is 6.73 Å².